The van der Waals surface area contributed by atoms with Crippen molar-refractivity contribution in [1.29, 1.82) is 0 Å². The molecule has 1 aliphatic rings. The highest BCUT2D eigenvalue weighted by Crippen LogP contribution is 2.20. The Balaban J connectivity index is 2.74. The van der Waals surface area contributed by atoms with Gasteiger partial charge in [-0.05, 0) is 26.7 Å². The fraction of sp³-hybridized carbons (Fsp3) is 1.00. The zero-order valence-corrected chi connectivity index (χ0v) is 12.3. The Morgan fingerprint density at radius 3 is 2.18 bits per heavy atom. The molecule has 0 aromatic rings. The topological polar surface area (TPSA) is 80.3 Å². The number of sulfone groups is 1. The van der Waals surface area contributed by atoms with Gasteiger partial charge in [0.15, 0.2) is 0 Å². The maximum absolute atomic E-state index is 12.0. The van der Waals surface area contributed by atoms with Gasteiger partial charge in [-0.25, -0.2) is 21.6 Å². The van der Waals surface area contributed by atoms with Crippen LogP contribution >= 0.6 is 11.6 Å². The van der Waals surface area contributed by atoms with E-state index in [1.807, 2.05) is 0 Å². The van der Waals surface area contributed by atoms with Crippen molar-refractivity contribution in [3.8, 4) is 0 Å². The minimum Gasteiger partial charge on any atom is -0.229 e. The largest absolute Gasteiger partial charge is 0.229 e. The Morgan fingerprint density at radius 2 is 1.76 bits per heavy atom. The van der Waals surface area contributed by atoms with E-state index >= 15 is 0 Å². The SMILES string of the molecule is CC(C)(CCl)NS(=O)(=O)C1CCS(=O)(=O)CC1. The maximum Gasteiger partial charge on any atom is 0.215 e. The summed E-state index contributed by atoms with van der Waals surface area (Å²) in [7, 11) is -6.55. The van der Waals surface area contributed by atoms with Gasteiger partial charge in [-0.2, -0.15) is 0 Å². The van der Waals surface area contributed by atoms with Gasteiger partial charge in [-0.1, -0.05) is 0 Å². The molecule has 0 saturated carbocycles. The normalized spacial score (nSPS) is 22.5. The summed E-state index contributed by atoms with van der Waals surface area (Å²) in [5.74, 6) is 0.0526. The molecular formula is C9H18ClNO4S2. The lowest BCUT2D eigenvalue weighted by molar-refractivity contribution is 0.482. The average molecular weight is 304 g/mol. The smallest absolute Gasteiger partial charge is 0.215 e. The molecule has 0 aliphatic carbocycles. The van der Waals surface area contributed by atoms with Gasteiger partial charge in [0.05, 0.1) is 16.8 Å². The lowest BCUT2D eigenvalue weighted by Crippen LogP contribution is -2.50. The second kappa shape index (κ2) is 5.03. The number of hydrogen-bond acceptors (Lipinski definition) is 4. The van der Waals surface area contributed by atoms with Crippen molar-refractivity contribution in [2.75, 3.05) is 17.4 Å². The number of sulfonamides is 1. The predicted molar refractivity (Wildman–Crippen MR) is 68.5 cm³/mol. The molecule has 102 valence electrons. The standard InChI is InChI=1S/C9H18ClNO4S2/c1-9(2,7-10)11-17(14,15)8-3-5-16(12,13)6-4-8/h8,11H,3-7H2,1-2H3. The highest BCUT2D eigenvalue weighted by atomic mass is 35.5. The van der Waals surface area contributed by atoms with Crippen LogP contribution in [0.5, 0.6) is 0 Å². The third-order valence-electron chi connectivity index (χ3n) is 2.69. The van der Waals surface area contributed by atoms with E-state index in [9.17, 15) is 16.8 Å². The minimum absolute atomic E-state index is 0.0557. The summed E-state index contributed by atoms with van der Waals surface area (Å²) < 4.78 is 49.0. The molecule has 1 saturated heterocycles. The Hall–Kier alpha value is 0.150. The van der Waals surface area contributed by atoms with Crippen LogP contribution < -0.4 is 4.72 Å². The molecule has 5 nitrogen and oxygen atoms in total. The third-order valence-corrected chi connectivity index (χ3v) is 7.26. The van der Waals surface area contributed by atoms with Gasteiger partial charge in [-0.3, -0.25) is 0 Å². The van der Waals surface area contributed by atoms with Crippen molar-refractivity contribution >= 4 is 31.5 Å². The molecule has 1 heterocycles. The number of rotatable bonds is 4. The Labute approximate surface area is 108 Å². The Morgan fingerprint density at radius 1 is 1.29 bits per heavy atom. The zero-order valence-electron chi connectivity index (χ0n) is 9.94. The van der Waals surface area contributed by atoms with Crippen molar-refractivity contribution < 1.29 is 16.8 Å². The van der Waals surface area contributed by atoms with E-state index in [2.05, 4.69) is 4.72 Å². The van der Waals surface area contributed by atoms with Crippen LogP contribution in [0, 0.1) is 0 Å². The van der Waals surface area contributed by atoms with Crippen LogP contribution in [-0.2, 0) is 19.9 Å². The fourth-order valence-corrected chi connectivity index (χ4v) is 5.48. The molecule has 0 aromatic carbocycles. The van der Waals surface area contributed by atoms with Gasteiger partial charge in [0.25, 0.3) is 0 Å². The molecule has 0 unspecified atom stereocenters. The van der Waals surface area contributed by atoms with Crippen molar-refractivity contribution in [2.24, 2.45) is 0 Å². The highest BCUT2D eigenvalue weighted by molar-refractivity contribution is 7.92. The summed E-state index contributed by atoms with van der Waals surface area (Å²) in [4.78, 5) is 0. The maximum atomic E-state index is 12.0. The first-order chi connectivity index (χ1) is 7.58. The summed E-state index contributed by atoms with van der Waals surface area (Å²) in [6.07, 6.45) is 0.325. The van der Waals surface area contributed by atoms with E-state index in [0.29, 0.717) is 0 Å². The molecule has 1 N–H and O–H groups in total. The van der Waals surface area contributed by atoms with Gasteiger partial charge in [-0.15, -0.1) is 11.6 Å². The molecule has 0 radical (unpaired) electrons. The van der Waals surface area contributed by atoms with Crippen molar-refractivity contribution in [3.05, 3.63) is 0 Å². The van der Waals surface area contributed by atoms with E-state index < -0.39 is 30.6 Å². The molecule has 17 heavy (non-hydrogen) atoms. The molecular weight excluding hydrogens is 286 g/mol. The van der Waals surface area contributed by atoms with Crippen LogP contribution in [0.3, 0.4) is 0 Å². The molecule has 0 aromatic heterocycles. The van der Waals surface area contributed by atoms with Crippen LogP contribution in [0.4, 0.5) is 0 Å². The minimum atomic E-state index is -3.50. The van der Waals surface area contributed by atoms with E-state index in [1.165, 1.54) is 0 Å². The van der Waals surface area contributed by atoms with Crippen LogP contribution in [0.25, 0.3) is 0 Å². The van der Waals surface area contributed by atoms with E-state index in [1.54, 1.807) is 13.8 Å². The Kier molecular flexibility index (Phi) is 4.50. The molecule has 0 spiro atoms. The van der Waals surface area contributed by atoms with E-state index in [4.69, 9.17) is 11.6 Å². The number of halogens is 1. The van der Waals surface area contributed by atoms with E-state index in [0.717, 1.165) is 0 Å². The van der Waals surface area contributed by atoms with Gasteiger partial charge in [0.1, 0.15) is 9.84 Å². The lowest BCUT2D eigenvalue weighted by atomic mass is 10.1. The average Bonchev–Trinajstić information content (AvgIpc) is 2.15. The highest BCUT2D eigenvalue weighted by Gasteiger charge is 2.35. The summed E-state index contributed by atoms with van der Waals surface area (Å²) in [5, 5.41) is -0.631. The summed E-state index contributed by atoms with van der Waals surface area (Å²) >= 11 is 5.66. The van der Waals surface area contributed by atoms with Gasteiger partial charge in [0, 0.05) is 11.4 Å². The van der Waals surface area contributed by atoms with Crippen molar-refractivity contribution in [2.45, 2.75) is 37.5 Å². The molecule has 8 heteroatoms. The van der Waals surface area contributed by atoms with Crippen LogP contribution in [0.15, 0.2) is 0 Å². The number of hydrogen-bond donors (Lipinski definition) is 1. The second-order valence-corrected chi connectivity index (χ2v) is 9.55. The molecule has 0 atom stereocenters. The second-order valence-electron chi connectivity index (χ2n) is 5.02. The van der Waals surface area contributed by atoms with Crippen LogP contribution in [-0.4, -0.2) is 45.0 Å². The first-order valence-corrected chi connectivity index (χ1v) is 9.27. The number of nitrogens with one attached hydrogen (secondary N) is 1. The summed E-state index contributed by atoms with van der Waals surface area (Å²) in [5.41, 5.74) is -0.712. The quantitative estimate of drug-likeness (QED) is 0.767. The predicted octanol–water partition coefficient (Wildman–Crippen LogP) is 0.500. The molecule has 1 fully saturated rings. The summed E-state index contributed by atoms with van der Waals surface area (Å²) in [6.45, 7) is 3.38. The molecule has 1 rings (SSSR count). The Bertz CT molecular complexity index is 455. The molecule has 0 amide bonds. The van der Waals surface area contributed by atoms with Crippen LogP contribution in [0.1, 0.15) is 26.7 Å². The molecule has 0 bridgehead atoms. The number of alkyl halides is 1. The van der Waals surface area contributed by atoms with Gasteiger partial charge in [0.2, 0.25) is 10.0 Å². The summed E-state index contributed by atoms with van der Waals surface area (Å²) in [6, 6.07) is 0. The fourth-order valence-electron chi connectivity index (χ4n) is 1.67. The monoisotopic (exact) mass is 303 g/mol. The third kappa shape index (κ3) is 4.39. The lowest BCUT2D eigenvalue weighted by Gasteiger charge is -2.28. The van der Waals surface area contributed by atoms with Crippen LogP contribution in [0.2, 0.25) is 0 Å². The van der Waals surface area contributed by atoms with Crippen molar-refractivity contribution in [3.63, 3.8) is 0 Å². The molecule has 1 aliphatic heterocycles. The van der Waals surface area contributed by atoms with Gasteiger partial charge >= 0.3 is 0 Å². The zero-order chi connectivity index (χ0) is 13.3. The van der Waals surface area contributed by atoms with Gasteiger partial charge < -0.3 is 0 Å². The van der Waals surface area contributed by atoms with Crippen molar-refractivity contribution in [1.82, 2.24) is 4.72 Å². The first kappa shape index (κ1) is 15.2. The van der Waals surface area contributed by atoms with E-state index in [-0.39, 0.29) is 30.2 Å². The first-order valence-electron chi connectivity index (χ1n) is 5.37.